The summed E-state index contributed by atoms with van der Waals surface area (Å²) in [5.41, 5.74) is 2.45. The Bertz CT molecular complexity index is 832. The van der Waals surface area contributed by atoms with Gasteiger partial charge in [-0.15, -0.1) is 0 Å². The van der Waals surface area contributed by atoms with E-state index in [1.54, 1.807) is 18.2 Å². The minimum Gasteiger partial charge on any atom is -0.378 e. The Balaban J connectivity index is 1.77. The molecule has 25 heavy (non-hydrogen) atoms. The number of morpholine rings is 1. The highest BCUT2D eigenvalue weighted by Crippen LogP contribution is 2.25. The van der Waals surface area contributed by atoms with Gasteiger partial charge in [0.15, 0.2) is 0 Å². The molecule has 0 aromatic heterocycles. The molecular weight excluding hydrogens is 343 g/mol. The molecule has 0 unspecified atom stereocenters. The van der Waals surface area contributed by atoms with E-state index in [-0.39, 0.29) is 11.4 Å². The van der Waals surface area contributed by atoms with Crippen molar-refractivity contribution >= 4 is 21.4 Å². The lowest BCUT2D eigenvalue weighted by Crippen LogP contribution is -2.36. The molecule has 0 aliphatic carbocycles. The van der Waals surface area contributed by atoms with Crippen molar-refractivity contribution in [2.45, 2.75) is 12.7 Å². The van der Waals surface area contributed by atoms with Crippen LogP contribution in [-0.2, 0) is 20.5 Å². The SMILES string of the molecule is Cc1ccc(CS(=O)(=O)Nc2cc(N3CCOCC3)ccc2F)cc1. The second-order valence-corrected chi connectivity index (χ2v) is 7.83. The average molecular weight is 364 g/mol. The first-order valence-corrected chi connectivity index (χ1v) is 9.76. The van der Waals surface area contributed by atoms with Gasteiger partial charge in [-0.2, -0.15) is 0 Å². The van der Waals surface area contributed by atoms with E-state index in [2.05, 4.69) is 4.72 Å². The van der Waals surface area contributed by atoms with Crippen molar-refractivity contribution in [3.05, 3.63) is 59.4 Å². The van der Waals surface area contributed by atoms with Crippen LogP contribution in [0.15, 0.2) is 42.5 Å². The van der Waals surface area contributed by atoms with Gasteiger partial charge in [-0.25, -0.2) is 12.8 Å². The molecule has 0 amide bonds. The minimum absolute atomic E-state index is 0.0314. The summed E-state index contributed by atoms with van der Waals surface area (Å²) in [4.78, 5) is 2.04. The Morgan fingerprint density at radius 1 is 1.12 bits per heavy atom. The number of nitrogens with zero attached hydrogens (tertiary/aromatic N) is 1. The molecule has 7 heteroatoms. The molecule has 3 rings (SSSR count). The topological polar surface area (TPSA) is 58.6 Å². The smallest absolute Gasteiger partial charge is 0.237 e. The summed E-state index contributed by atoms with van der Waals surface area (Å²) in [6.45, 7) is 4.53. The van der Waals surface area contributed by atoms with Crippen molar-refractivity contribution in [3.63, 3.8) is 0 Å². The van der Waals surface area contributed by atoms with Gasteiger partial charge in [-0.05, 0) is 30.7 Å². The fourth-order valence-electron chi connectivity index (χ4n) is 2.72. The van der Waals surface area contributed by atoms with Gasteiger partial charge in [-0.1, -0.05) is 29.8 Å². The predicted molar refractivity (Wildman–Crippen MR) is 96.9 cm³/mol. The van der Waals surface area contributed by atoms with E-state index in [1.807, 2.05) is 24.0 Å². The zero-order chi connectivity index (χ0) is 17.9. The zero-order valence-corrected chi connectivity index (χ0v) is 14.9. The van der Waals surface area contributed by atoms with Crippen molar-refractivity contribution in [1.82, 2.24) is 0 Å². The largest absolute Gasteiger partial charge is 0.378 e. The van der Waals surface area contributed by atoms with Crippen molar-refractivity contribution in [2.24, 2.45) is 0 Å². The third-order valence-electron chi connectivity index (χ3n) is 4.07. The molecule has 1 saturated heterocycles. The van der Waals surface area contributed by atoms with Crippen LogP contribution in [0.3, 0.4) is 0 Å². The molecule has 134 valence electrons. The summed E-state index contributed by atoms with van der Waals surface area (Å²) >= 11 is 0. The van der Waals surface area contributed by atoms with Crippen LogP contribution in [0.2, 0.25) is 0 Å². The minimum atomic E-state index is -3.70. The van der Waals surface area contributed by atoms with E-state index >= 15 is 0 Å². The molecule has 1 fully saturated rings. The van der Waals surface area contributed by atoms with E-state index in [0.717, 1.165) is 11.3 Å². The number of nitrogens with one attached hydrogen (secondary N) is 1. The third kappa shape index (κ3) is 4.70. The van der Waals surface area contributed by atoms with Crippen molar-refractivity contribution in [3.8, 4) is 0 Å². The molecule has 2 aromatic rings. The van der Waals surface area contributed by atoms with Gasteiger partial charge in [0.05, 0.1) is 24.7 Å². The van der Waals surface area contributed by atoms with Crippen LogP contribution >= 0.6 is 0 Å². The number of hydrogen-bond acceptors (Lipinski definition) is 4. The van der Waals surface area contributed by atoms with Gasteiger partial charge in [0.25, 0.3) is 0 Å². The van der Waals surface area contributed by atoms with Gasteiger partial charge in [-0.3, -0.25) is 4.72 Å². The predicted octanol–water partition coefficient (Wildman–Crippen LogP) is 2.91. The first-order valence-electron chi connectivity index (χ1n) is 8.11. The second-order valence-electron chi connectivity index (χ2n) is 6.11. The molecule has 1 heterocycles. The highest BCUT2D eigenvalue weighted by molar-refractivity contribution is 7.91. The normalized spacial score (nSPS) is 15.2. The van der Waals surface area contributed by atoms with Gasteiger partial charge < -0.3 is 9.64 Å². The Kier molecular flexibility index (Phi) is 5.24. The lowest BCUT2D eigenvalue weighted by molar-refractivity contribution is 0.122. The molecule has 0 atom stereocenters. The van der Waals surface area contributed by atoms with E-state index in [9.17, 15) is 12.8 Å². The molecule has 5 nitrogen and oxygen atoms in total. The zero-order valence-electron chi connectivity index (χ0n) is 14.0. The van der Waals surface area contributed by atoms with Crippen LogP contribution in [0.4, 0.5) is 15.8 Å². The fourth-order valence-corrected chi connectivity index (χ4v) is 3.91. The van der Waals surface area contributed by atoms with E-state index in [0.29, 0.717) is 31.9 Å². The quantitative estimate of drug-likeness (QED) is 0.886. The van der Waals surface area contributed by atoms with Crippen LogP contribution in [0.25, 0.3) is 0 Å². The number of anilines is 2. The van der Waals surface area contributed by atoms with Crippen molar-refractivity contribution < 1.29 is 17.5 Å². The lowest BCUT2D eigenvalue weighted by Gasteiger charge is -2.29. The van der Waals surface area contributed by atoms with E-state index < -0.39 is 15.8 Å². The maximum Gasteiger partial charge on any atom is 0.237 e. The number of hydrogen-bond donors (Lipinski definition) is 1. The number of ether oxygens (including phenoxy) is 1. The molecule has 1 aliphatic heterocycles. The highest BCUT2D eigenvalue weighted by Gasteiger charge is 2.17. The van der Waals surface area contributed by atoms with Gasteiger partial charge in [0.2, 0.25) is 10.0 Å². The number of halogens is 1. The average Bonchev–Trinajstić information content (AvgIpc) is 2.59. The molecule has 1 aliphatic rings. The van der Waals surface area contributed by atoms with E-state index in [4.69, 9.17) is 4.74 Å². The van der Waals surface area contributed by atoms with E-state index in [1.165, 1.54) is 12.1 Å². The van der Waals surface area contributed by atoms with Gasteiger partial charge in [0, 0.05) is 18.8 Å². The summed E-state index contributed by atoms with van der Waals surface area (Å²) in [6.07, 6.45) is 0. The first kappa shape index (κ1) is 17.7. The van der Waals surface area contributed by atoms with Crippen LogP contribution in [0, 0.1) is 12.7 Å². The number of benzene rings is 2. The molecule has 0 saturated carbocycles. The number of aryl methyl sites for hydroxylation is 1. The number of sulfonamides is 1. The maximum absolute atomic E-state index is 14.1. The molecule has 0 spiro atoms. The summed E-state index contributed by atoms with van der Waals surface area (Å²) in [6, 6.07) is 11.7. The number of rotatable bonds is 5. The molecule has 0 bridgehead atoms. The Morgan fingerprint density at radius 3 is 2.48 bits per heavy atom. The Morgan fingerprint density at radius 2 is 1.80 bits per heavy atom. The molecular formula is C18H21FN2O3S. The summed E-state index contributed by atoms with van der Waals surface area (Å²) in [5, 5.41) is 0. The van der Waals surface area contributed by atoms with Crippen LogP contribution < -0.4 is 9.62 Å². The summed E-state index contributed by atoms with van der Waals surface area (Å²) in [5.74, 6) is -0.793. The van der Waals surface area contributed by atoms with Gasteiger partial charge >= 0.3 is 0 Å². The Hall–Kier alpha value is -2.12. The third-order valence-corrected chi connectivity index (χ3v) is 5.31. The van der Waals surface area contributed by atoms with Crippen LogP contribution in [-0.4, -0.2) is 34.7 Å². The fraction of sp³-hybridized carbons (Fsp3) is 0.333. The van der Waals surface area contributed by atoms with Crippen molar-refractivity contribution in [2.75, 3.05) is 35.9 Å². The summed E-state index contributed by atoms with van der Waals surface area (Å²) in [7, 11) is -3.70. The van der Waals surface area contributed by atoms with Gasteiger partial charge in [0.1, 0.15) is 5.82 Å². The first-order chi connectivity index (χ1) is 11.9. The van der Waals surface area contributed by atoms with Crippen LogP contribution in [0.1, 0.15) is 11.1 Å². The maximum atomic E-state index is 14.1. The standard InChI is InChI=1S/C18H21FN2O3S/c1-14-2-4-15(5-3-14)13-25(22,23)20-18-12-16(6-7-17(18)19)21-8-10-24-11-9-21/h2-7,12,20H,8-11,13H2,1H3. The summed E-state index contributed by atoms with van der Waals surface area (Å²) < 4.78 is 46.5. The van der Waals surface area contributed by atoms with Crippen LogP contribution in [0.5, 0.6) is 0 Å². The molecule has 2 aromatic carbocycles. The van der Waals surface area contributed by atoms with Crippen molar-refractivity contribution in [1.29, 1.82) is 0 Å². The molecule has 1 N–H and O–H groups in total. The highest BCUT2D eigenvalue weighted by atomic mass is 32.2. The molecule has 0 radical (unpaired) electrons. The monoisotopic (exact) mass is 364 g/mol. The lowest BCUT2D eigenvalue weighted by atomic mass is 10.2. The second kappa shape index (κ2) is 7.41. The Labute approximate surface area is 147 Å².